The van der Waals surface area contributed by atoms with Crippen LogP contribution in [0.15, 0.2) is 66.7 Å². The fraction of sp³-hybridized carbons (Fsp3) is 0.459. The summed E-state index contributed by atoms with van der Waals surface area (Å²) in [4.78, 5) is 26.3. The molecule has 0 bridgehead atoms. The van der Waals surface area contributed by atoms with E-state index < -0.39 is 23.8 Å². The van der Waals surface area contributed by atoms with Crippen LogP contribution in [0.5, 0.6) is 5.75 Å². The summed E-state index contributed by atoms with van der Waals surface area (Å²) in [6, 6.07) is 20.8. The number of nitrogens with one attached hydrogen (secondary N) is 2. The van der Waals surface area contributed by atoms with Crippen molar-refractivity contribution in [1.82, 2.24) is 15.5 Å². The molecule has 0 aliphatic heterocycles. The zero-order valence-electron chi connectivity index (χ0n) is 27.6. The standard InChI is InChI=1S/C37H50FN3O5/c1-26(13-15-40-3)35(37(44)45)21-28-9-6-11-30(17-28)24-41(25-31-19-33(38)22-34(20-31)46-4)23-29-10-5-8-27(16-29)18-32(36(42)43)12-7-14-39-2/h5-6,8-11,16-17,19-20,22,26,32,35,39-40H,7,12-15,18,21,23-25H2,1-4H3,(H,42,43)(H,44,45). The summed E-state index contributed by atoms with van der Waals surface area (Å²) in [6.07, 6.45) is 3.06. The van der Waals surface area contributed by atoms with Gasteiger partial charge in [0.2, 0.25) is 0 Å². The minimum atomic E-state index is -0.789. The molecule has 0 radical (unpaired) electrons. The second kappa shape index (κ2) is 19.0. The van der Waals surface area contributed by atoms with E-state index in [9.17, 15) is 24.2 Å². The Morgan fingerprint density at radius 3 is 1.93 bits per heavy atom. The molecule has 0 amide bonds. The zero-order valence-corrected chi connectivity index (χ0v) is 27.6. The maximum atomic E-state index is 14.4. The zero-order chi connectivity index (χ0) is 33.5. The van der Waals surface area contributed by atoms with E-state index in [-0.39, 0.29) is 11.7 Å². The highest BCUT2D eigenvalue weighted by Crippen LogP contribution is 2.24. The van der Waals surface area contributed by atoms with Gasteiger partial charge in [0.05, 0.1) is 18.9 Å². The van der Waals surface area contributed by atoms with Crippen LogP contribution in [0.25, 0.3) is 0 Å². The van der Waals surface area contributed by atoms with Crippen molar-refractivity contribution in [1.29, 1.82) is 0 Å². The second-order valence-corrected chi connectivity index (χ2v) is 12.3. The predicted octanol–water partition coefficient (Wildman–Crippen LogP) is 5.77. The molecule has 0 aliphatic rings. The number of benzene rings is 3. The van der Waals surface area contributed by atoms with Crippen LogP contribution < -0.4 is 15.4 Å². The number of carboxylic acids is 2. The summed E-state index contributed by atoms with van der Waals surface area (Å²) in [7, 11) is 5.24. The van der Waals surface area contributed by atoms with Gasteiger partial charge in [-0.1, -0.05) is 55.5 Å². The van der Waals surface area contributed by atoms with E-state index in [0.29, 0.717) is 44.6 Å². The number of carbonyl (C=O) groups is 2. The number of methoxy groups -OCH3 is 1. The maximum absolute atomic E-state index is 14.4. The lowest BCUT2D eigenvalue weighted by molar-refractivity contribution is -0.144. The van der Waals surface area contributed by atoms with Gasteiger partial charge < -0.3 is 25.6 Å². The predicted molar refractivity (Wildman–Crippen MR) is 179 cm³/mol. The molecule has 3 aromatic rings. The van der Waals surface area contributed by atoms with Crippen molar-refractivity contribution in [3.63, 3.8) is 0 Å². The molecule has 3 aromatic carbocycles. The number of carboxylic acid groups (broad SMARTS) is 2. The molecule has 4 N–H and O–H groups in total. The summed E-state index contributed by atoms with van der Waals surface area (Å²) >= 11 is 0. The number of hydrogen-bond donors (Lipinski definition) is 4. The Bertz CT molecular complexity index is 1400. The Morgan fingerprint density at radius 1 is 0.783 bits per heavy atom. The molecule has 0 heterocycles. The molecule has 3 unspecified atom stereocenters. The van der Waals surface area contributed by atoms with Crippen LogP contribution in [0.3, 0.4) is 0 Å². The summed E-state index contributed by atoms with van der Waals surface area (Å²) < 4.78 is 19.8. The number of hydrogen-bond acceptors (Lipinski definition) is 6. The van der Waals surface area contributed by atoms with Gasteiger partial charge in [0.25, 0.3) is 0 Å². The third-order valence-corrected chi connectivity index (χ3v) is 8.49. The topological polar surface area (TPSA) is 111 Å². The number of halogens is 1. The van der Waals surface area contributed by atoms with Gasteiger partial charge in [-0.2, -0.15) is 0 Å². The fourth-order valence-corrected chi connectivity index (χ4v) is 5.96. The molecule has 9 heteroatoms. The summed E-state index contributed by atoms with van der Waals surface area (Å²) in [5, 5.41) is 26.0. The third kappa shape index (κ3) is 12.2. The molecule has 0 aliphatic carbocycles. The molecule has 0 spiro atoms. The fourth-order valence-electron chi connectivity index (χ4n) is 5.96. The molecule has 0 saturated heterocycles. The average Bonchev–Trinajstić information content (AvgIpc) is 3.02. The first-order valence-corrected chi connectivity index (χ1v) is 16.1. The quantitative estimate of drug-likeness (QED) is 0.109. The minimum Gasteiger partial charge on any atom is -0.497 e. The van der Waals surface area contributed by atoms with E-state index in [1.807, 2.05) is 63.5 Å². The molecule has 0 fully saturated rings. The second-order valence-electron chi connectivity index (χ2n) is 12.3. The summed E-state index contributed by atoms with van der Waals surface area (Å²) in [6.45, 7) is 5.07. The Balaban J connectivity index is 1.85. The van der Waals surface area contributed by atoms with E-state index >= 15 is 0 Å². The van der Waals surface area contributed by atoms with Crippen LogP contribution in [0.2, 0.25) is 0 Å². The smallest absolute Gasteiger partial charge is 0.307 e. The van der Waals surface area contributed by atoms with Gasteiger partial charge in [-0.25, -0.2) is 4.39 Å². The third-order valence-electron chi connectivity index (χ3n) is 8.49. The van der Waals surface area contributed by atoms with Crippen LogP contribution in [0, 0.1) is 23.6 Å². The van der Waals surface area contributed by atoms with Crippen molar-refractivity contribution in [3.8, 4) is 5.75 Å². The lowest BCUT2D eigenvalue weighted by Crippen LogP contribution is -2.26. The Hall–Kier alpha value is -3.79. The van der Waals surface area contributed by atoms with Crippen molar-refractivity contribution < 1.29 is 28.9 Å². The largest absolute Gasteiger partial charge is 0.497 e. The highest BCUT2D eigenvalue weighted by molar-refractivity contribution is 5.71. The molecule has 0 aromatic heterocycles. The maximum Gasteiger partial charge on any atom is 0.307 e. The van der Waals surface area contributed by atoms with Gasteiger partial charge in [0, 0.05) is 25.7 Å². The normalized spacial score (nSPS) is 13.3. The van der Waals surface area contributed by atoms with Gasteiger partial charge in [-0.05, 0) is 105 Å². The number of aliphatic carboxylic acids is 2. The summed E-state index contributed by atoms with van der Waals surface area (Å²) in [5.41, 5.74) is 4.76. The molecule has 250 valence electrons. The first-order valence-electron chi connectivity index (χ1n) is 16.1. The highest BCUT2D eigenvalue weighted by Gasteiger charge is 2.25. The van der Waals surface area contributed by atoms with Crippen LogP contribution in [-0.4, -0.2) is 61.3 Å². The number of nitrogens with zero attached hydrogens (tertiary/aromatic N) is 1. The number of ether oxygens (including phenoxy) is 1. The SMILES string of the molecule is CNCCCC(Cc1cccc(CN(Cc2cccc(CC(C(=O)O)C(C)CCNC)c2)Cc2cc(F)cc(OC)c2)c1)C(=O)O. The molecule has 3 rings (SSSR count). The van der Waals surface area contributed by atoms with E-state index in [2.05, 4.69) is 27.7 Å². The molecular formula is C37H50FN3O5. The van der Waals surface area contributed by atoms with Gasteiger partial charge in [-0.15, -0.1) is 0 Å². The van der Waals surface area contributed by atoms with Crippen LogP contribution in [0.4, 0.5) is 4.39 Å². The molecule has 8 nitrogen and oxygen atoms in total. The lowest BCUT2D eigenvalue weighted by atomic mass is 9.85. The van der Waals surface area contributed by atoms with Crippen molar-refractivity contribution in [3.05, 3.63) is 100 Å². The monoisotopic (exact) mass is 635 g/mol. The van der Waals surface area contributed by atoms with Gasteiger partial charge in [-0.3, -0.25) is 14.5 Å². The number of rotatable bonds is 21. The highest BCUT2D eigenvalue weighted by atomic mass is 19.1. The van der Waals surface area contributed by atoms with Crippen molar-refractivity contribution in [2.45, 2.75) is 58.7 Å². The van der Waals surface area contributed by atoms with Crippen molar-refractivity contribution >= 4 is 11.9 Å². The van der Waals surface area contributed by atoms with E-state index in [1.165, 1.54) is 19.2 Å². The van der Waals surface area contributed by atoms with E-state index in [4.69, 9.17) is 4.74 Å². The summed E-state index contributed by atoms with van der Waals surface area (Å²) in [5.74, 6) is -2.43. The van der Waals surface area contributed by atoms with Crippen molar-refractivity contribution in [2.24, 2.45) is 17.8 Å². The molecule has 46 heavy (non-hydrogen) atoms. The molecule has 0 saturated carbocycles. The van der Waals surface area contributed by atoms with E-state index in [1.54, 1.807) is 0 Å². The van der Waals surface area contributed by atoms with Crippen LogP contribution in [0.1, 0.15) is 54.0 Å². The molecular weight excluding hydrogens is 585 g/mol. The first kappa shape index (κ1) is 36.7. The van der Waals surface area contributed by atoms with Crippen molar-refractivity contribution in [2.75, 3.05) is 34.3 Å². The van der Waals surface area contributed by atoms with Gasteiger partial charge in [0.1, 0.15) is 11.6 Å². The Labute approximate surface area is 273 Å². The van der Waals surface area contributed by atoms with Crippen LogP contribution in [-0.2, 0) is 42.1 Å². The first-order chi connectivity index (χ1) is 22.1. The average molecular weight is 636 g/mol. The van der Waals surface area contributed by atoms with Gasteiger partial charge in [0.15, 0.2) is 0 Å². The Morgan fingerprint density at radius 2 is 1.37 bits per heavy atom. The van der Waals surface area contributed by atoms with E-state index in [0.717, 1.165) is 53.7 Å². The molecule has 3 atom stereocenters. The lowest BCUT2D eigenvalue weighted by Gasteiger charge is -2.24. The Kier molecular flexibility index (Phi) is 15.2. The van der Waals surface area contributed by atoms with Crippen LogP contribution >= 0.6 is 0 Å². The van der Waals surface area contributed by atoms with Gasteiger partial charge >= 0.3 is 11.9 Å². The minimum absolute atomic E-state index is 0.0179.